The number of benzene rings is 4. The van der Waals surface area contributed by atoms with Crippen LogP contribution in [0.25, 0.3) is 22.3 Å². The van der Waals surface area contributed by atoms with Gasteiger partial charge in [0, 0.05) is 0 Å². The van der Waals surface area contributed by atoms with Crippen LogP contribution in [0.5, 0.6) is 0 Å². The number of hydrogen-bond acceptors (Lipinski definition) is 0. The molecule has 0 heterocycles. The molecule has 2 aliphatic carbocycles. The molecule has 0 saturated carbocycles. The van der Waals surface area contributed by atoms with Gasteiger partial charge in [0.15, 0.2) is 0 Å². The van der Waals surface area contributed by atoms with Gasteiger partial charge in [0.2, 0.25) is 0 Å². The summed E-state index contributed by atoms with van der Waals surface area (Å²) in [4.78, 5) is 0. The summed E-state index contributed by atoms with van der Waals surface area (Å²) < 4.78 is 0. The van der Waals surface area contributed by atoms with Crippen molar-refractivity contribution >= 4 is 17.0 Å². The quantitative estimate of drug-likeness (QED) is 0.195. The molecule has 0 nitrogen and oxygen atoms in total. The van der Waals surface area contributed by atoms with Crippen molar-refractivity contribution in [3.8, 4) is 22.3 Å². The van der Waals surface area contributed by atoms with Gasteiger partial charge >= 0.3 is 37.9 Å². The maximum absolute atomic E-state index is 4.93. The fraction of sp³-hybridized carbons (Fsp3) is 0.167. The third-order valence-electron chi connectivity index (χ3n) is 7.06. The molecule has 0 aliphatic heterocycles. The first-order valence-corrected chi connectivity index (χ1v) is 17.6. The van der Waals surface area contributed by atoms with Crippen LogP contribution in [-0.4, -0.2) is 0 Å². The molecule has 2 aliphatic rings. The molecular formula is C30H25Cl2Zr-. The number of rotatable bonds is 3. The van der Waals surface area contributed by atoms with Gasteiger partial charge in [0.1, 0.15) is 0 Å². The first kappa shape index (κ1) is 23.0. The van der Waals surface area contributed by atoms with Crippen LogP contribution < -0.4 is 0 Å². The van der Waals surface area contributed by atoms with Gasteiger partial charge < -0.3 is 0 Å². The molecule has 0 spiro atoms. The van der Waals surface area contributed by atoms with Crippen LogP contribution in [0.2, 0.25) is 0 Å². The number of halogens is 2. The molecule has 4 aromatic rings. The molecule has 33 heavy (non-hydrogen) atoms. The summed E-state index contributed by atoms with van der Waals surface area (Å²) in [5, 5.41) is 0. The van der Waals surface area contributed by atoms with Gasteiger partial charge in [0.25, 0.3) is 0 Å². The van der Waals surface area contributed by atoms with E-state index in [2.05, 4.69) is 93.1 Å². The van der Waals surface area contributed by atoms with Gasteiger partial charge in [-0.2, -0.15) is 18.1 Å². The van der Waals surface area contributed by atoms with Gasteiger partial charge in [0.05, 0.1) is 0 Å². The SMILES string of the molecule is Cc1ccc([CH-]Cc2ccc(C)c3c2-c2ccccc2C3)c2c1Cc1ccccc1-2.[Cl][Zr][Cl]. The molecule has 0 radical (unpaired) electrons. The van der Waals surface area contributed by atoms with Crippen molar-refractivity contribution in [2.24, 2.45) is 0 Å². The Balaban J connectivity index is 0.000000724. The average molecular weight is 548 g/mol. The van der Waals surface area contributed by atoms with Gasteiger partial charge in [-0.25, -0.2) is 0 Å². The van der Waals surface area contributed by atoms with Crippen molar-refractivity contribution in [1.82, 2.24) is 0 Å². The molecular weight excluding hydrogens is 522 g/mol. The Bertz CT molecular complexity index is 1240. The summed E-state index contributed by atoms with van der Waals surface area (Å²) in [5.41, 5.74) is 17.4. The molecule has 0 saturated heterocycles. The summed E-state index contributed by atoms with van der Waals surface area (Å²) in [5.74, 6) is 0. The van der Waals surface area contributed by atoms with Crippen LogP contribution in [0.1, 0.15) is 44.5 Å². The van der Waals surface area contributed by atoms with E-state index >= 15 is 0 Å². The summed E-state index contributed by atoms with van der Waals surface area (Å²) >= 11 is -0.826. The predicted octanol–water partition coefficient (Wildman–Crippen LogP) is 8.62. The molecule has 6 rings (SSSR count). The van der Waals surface area contributed by atoms with Crippen molar-refractivity contribution in [1.29, 1.82) is 0 Å². The second-order valence-corrected chi connectivity index (χ2v) is 12.6. The second-order valence-electron chi connectivity index (χ2n) is 8.87. The molecule has 0 N–H and O–H groups in total. The van der Waals surface area contributed by atoms with Crippen molar-refractivity contribution < 1.29 is 20.8 Å². The molecule has 3 heteroatoms. The Labute approximate surface area is 215 Å². The first-order chi connectivity index (χ1) is 16.1. The van der Waals surface area contributed by atoms with Crippen LogP contribution in [0.3, 0.4) is 0 Å². The second kappa shape index (κ2) is 9.83. The zero-order chi connectivity index (χ0) is 22.9. The van der Waals surface area contributed by atoms with E-state index in [-0.39, 0.29) is 0 Å². The van der Waals surface area contributed by atoms with E-state index in [9.17, 15) is 0 Å². The third kappa shape index (κ3) is 4.25. The molecule has 0 aromatic heterocycles. The third-order valence-corrected chi connectivity index (χ3v) is 7.06. The van der Waals surface area contributed by atoms with Gasteiger partial charge in [-0.3, -0.25) is 0 Å². The fourth-order valence-electron chi connectivity index (χ4n) is 5.46. The Hall–Kier alpha value is -1.79. The van der Waals surface area contributed by atoms with Crippen LogP contribution in [-0.2, 0) is 40.1 Å². The summed E-state index contributed by atoms with van der Waals surface area (Å²) in [7, 11) is 9.87. The normalized spacial score (nSPS) is 12.1. The Morgan fingerprint density at radius 2 is 1.21 bits per heavy atom. The first-order valence-electron chi connectivity index (χ1n) is 11.3. The van der Waals surface area contributed by atoms with Crippen LogP contribution in [0.15, 0.2) is 72.8 Å². The summed E-state index contributed by atoms with van der Waals surface area (Å²) in [6.07, 6.45) is 5.55. The molecule has 4 aromatic carbocycles. The van der Waals surface area contributed by atoms with Crippen LogP contribution >= 0.6 is 17.0 Å². The minimum atomic E-state index is -0.826. The molecule has 0 atom stereocenters. The predicted molar refractivity (Wildman–Crippen MR) is 138 cm³/mol. The molecule has 0 amide bonds. The van der Waals surface area contributed by atoms with Gasteiger partial charge in [-0.1, -0.05) is 83.8 Å². The van der Waals surface area contributed by atoms with E-state index in [4.69, 9.17) is 17.0 Å². The Morgan fingerprint density at radius 1 is 0.697 bits per heavy atom. The zero-order valence-electron chi connectivity index (χ0n) is 18.9. The summed E-state index contributed by atoms with van der Waals surface area (Å²) in [6, 6.07) is 27.1. The summed E-state index contributed by atoms with van der Waals surface area (Å²) in [6.45, 7) is 4.50. The van der Waals surface area contributed by atoms with E-state index in [0.717, 1.165) is 19.3 Å². The Morgan fingerprint density at radius 3 is 1.85 bits per heavy atom. The van der Waals surface area contributed by atoms with Crippen molar-refractivity contribution in [2.45, 2.75) is 33.1 Å². The topological polar surface area (TPSA) is 0 Å². The van der Waals surface area contributed by atoms with Crippen molar-refractivity contribution in [2.75, 3.05) is 0 Å². The van der Waals surface area contributed by atoms with Crippen molar-refractivity contribution in [3.63, 3.8) is 0 Å². The average Bonchev–Trinajstić information content (AvgIpc) is 3.41. The van der Waals surface area contributed by atoms with Crippen molar-refractivity contribution in [3.05, 3.63) is 124 Å². The van der Waals surface area contributed by atoms with Crippen LogP contribution in [0.4, 0.5) is 0 Å². The molecule has 164 valence electrons. The van der Waals surface area contributed by atoms with Crippen LogP contribution in [0, 0.1) is 20.3 Å². The van der Waals surface area contributed by atoms with E-state index < -0.39 is 20.8 Å². The molecule has 0 fully saturated rings. The molecule has 0 bridgehead atoms. The monoisotopic (exact) mass is 545 g/mol. The fourth-order valence-corrected chi connectivity index (χ4v) is 5.46. The van der Waals surface area contributed by atoms with E-state index in [1.54, 1.807) is 0 Å². The zero-order valence-corrected chi connectivity index (χ0v) is 22.9. The molecule has 0 unspecified atom stereocenters. The minimum absolute atomic E-state index is 0.826. The number of fused-ring (bicyclic) bond motifs is 6. The van der Waals surface area contributed by atoms with E-state index in [1.165, 1.54) is 66.8 Å². The van der Waals surface area contributed by atoms with E-state index in [0.29, 0.717) is 0 Å². The van der Waals surface area contributed by atoms with E-state index in [1.807, 2.05) is 0 Å². The van der Waals surface area contributed by atoms with Gasteiger partial charge in [-0.05, 0) is 65.6 Å². The number of aryl methyl sites for hydroxylation is 2. The standard InChI is InChI=1S/C30H25.2ClH.Zr/c1-19-11-13-21(29-25-9-5-3-7-23(25)17-27(19)29)15-16-22-14-12-20(2)28-18-24-8-4-6-10-26(24)30(22)28;;;/h3-15H,16-18H2,1-2H3;2*1H;/q-1;;;+2/p-2. The van der Waals surface area contributed by atoms with Gasteiger partial charge in [-0.15, -0.1) is 11.6 Å². The number of hydrogen-bond donors (Lipinski definition) is 0. The Kier molecular flexibility index (Phi) is 6.85. The maximum atomic E-state index is 4.93.